The number of methoxy groups -OCH3 is 1. The van der Waals surface area contributed by atoms with Gasteiger partial charge in [0.2, 0.25) is 0 Å². The molecular formula is C14H16ClN3O2. The summed E-state index contributed by atoms with van der Waals surface area (Å²) in [7, 11) is 3.12. The first-order valence-corrected chi connectivity index (χ1v) is 6.55. The number of ether oxygens (including phenoxy) is 1. The summed E-state index contributed by atoms with van der Waals surface area (Å²) in [6, 6.07) is 9.83. The number of aryl methyl sites for hydroxylation is 1. The molecule has 1 aromatic carbocycles. The normalized spacial score (nSPS) is 11.9. The molecule has 0 spiro atoms. The minimum Gasteiger partial charge on any atom is -0.453 e. The van der Waals surface area contributed by atoms with Crippen molar-refractivity contribution in [2.75, 3.05) is 13.7 Å². The second-order valence-corrected chi connectivity index (χ2v) is 4.71. The van der Waals surface area contributed by atoms with Crippen LogP contribution in [0.5, 0.6) is 0 Å². The maximum absolute atomic E-state index is 11.3. The Bertz CT molecular complexity index is 583. The van der Waals surface area contributed by atoms with Crippen molar-refractivity contribution in [2.45, 2.75) is 5.92 Å². The molecular weight excluding hydrogens is 278 g/mol. The second-order valence-electron chi connectivity index (χ2n) is 4.35. The zero-order chi connectivity index (χ0) is 14.5. The summed E-state index contributed by atoms with van der Waals surface area (Å²) in [5.74, 6) is -0.0727. The van der Waals surface area contributed by atoms with E-state index in [0.29, 0.717) is 11.7 Å². The molecule has 1 amide bonds. The van der Waals surface area contributed by atoms with Crippen molar-refractivity contribution in [1.29, 1.82) is 0 Å². The van der Waals surface area contributed by atoms with Crippen LogP contribution in [0.3, 0.4) is 0 Å². The Balaban J connectivity index is 2.29. The Morgan fingerprint density at radius 2 is 2.15 bits per heavy atom. The molecule has 0 aliphatic heterocycles. The van der Waals surface area contributed by atoms with Crippen LogP contribution in [0.1, 0.15) is 17.0 Å². The third-order valence-electron chi connectivity index (χ3n) is 3.11. The fourth-order valence-corrected chi connectivity index (χ4v) is 2.25. The monoisotopic (exact) mass is 293 g/mol. The number of nitrogens with one attached hydrogen (secondary N) is 1. The van der Waals surface area contributed by atoms with Gasteiger partial charge in [0, 0.05) is 25.1 Å². The molecule has 0 bridgehead atoms. The quantitative estimate of drug-likeness (QED) is 0.942. The van der Waals surface area contributed by atoms with Crippen LogP contribution in [-0.2, 0) is 11.8 Å². The topological polar surface area (TPSA) is 56.1 Å². The van der Waals surface area contributed by atoms with Crippen molar-refractivity contribution in [3.05, 3.63) is 52.8 Å². The molecule has 0 saturated heterocycles. The first-order chi connectivity index (χ1) is 9.63. The van der Waals surface area contributed by atoms with Gasteiger partial charge in [-0.2, -0.15) is 5.10 Å². The van der Waals surface area contributed by atoms with Crippen LogP contribution in [0.15, 0.2) is 36.5 Å². The van der Waals surface area contributed by atoms with Gasteiger partial charge in [-0.05, 0) is 5.56 Å². The number of halogens is 1. The molecule has 5 nitrogen and oxygen atoms in total. The molecule has 0 fully saturated rings. The highest BCUT2D eigenvalue weighted by atomic mass is 35.5. The minimum atomic E-state index is -0.467. The van der Waals surface area contributed by atoms with Crippen molar-refractivity contribution >= 4 is 17.7 Å². The van der Waals surface area contributed by atoms with Crippen LogP contribution in [0.2, 0.25) is 5.15 Å². The van der Waals surface area contributed by atoms with Crippen LogP contribution >= 0.6 is 11.6 Å². The molecule has 1 N–H and O–H groups in total. The number of hydrogen-bond acceptors (Lipinski definition) is 3. The standard InChI is InChI=1S/C14H16ClN3O2/c1-18-13(15)12(9-17-18)11(8-16-14(19)20-2)10-6-4-3-5-7-10/h3-7,9,11H,8H2,1-2H3,(H,16,19). The molecule has 1 atom stereocenters. The molecule has 1 unspecified atom stereocenters. The van der Waals surface area contributed by atoms with Gasteiger partial charge in [0.1, 0.15) is 5.15 Å². The lowest BCUT2D eigenvalue weighted by molar-refractivity contribution is 0.170. The maximum atomic E-state index is 11.3. The van der Waals surface area contributed by atoms with E-state index in [1.807, 2.05) is 30.3 Å². The zero-order valence-corrected chi connectivity index (χ0v) is 12.1. The van der Waals surface area contributed by atoms with Crippen LogP contribution < -0.4 is 5.32 Å². The smallest absolute Gasteiger partial charge is 0.406 e. The number of alkyl carbamates (subject to hydrolysis) is 1. The molecule has 0 aliphatic rings. The van der Waals surface area contributed by atoms with Gasteiger partial charge in [-0.1, -0.05) is 41.9 Å². The lowest BCUT2D eigenvalue weighted by Gasteiger charge is -2.17. The molecule has 106 valence electrons. The molecule has 1 heterocycles. The summed E-state index contributed by atoms with van der Waals surface area (Å²) in [5.41, 5.74) is 1.93. The van der Waals surface area contributed by atoms with E-state index in [9.17, 15) is 4.79 Å². The van der Waals surface area contributed by atoms with Gasteiger partial charge in [-0.15, -0.1) is 0 Å². The van der Waals surface area contributed by atoms with Crippen LogP contribution in [-0.4, -0.2) is 29.5 Å². The Kier molecular flexibility index (Phi) is 4.63. The summed E-state index contributed by atoms with van der Waals surface area (Å²) >= 11 is 6.26. The van der Waals surface area contributed by atoms with Gasteiger partial charge in [0.05, 0.1) is 13.3 Å². The van der Waals surface area contributed by atoms with Crippen molar-refractivity contribution in [3.63, 3.8) is 0 Å². The molecule has 20 heavy (non-hydrogen) atoms. The van der Waals surface area contributed by atoms with E-state index in [1.54, 1.807) is 17.9 Å². The van der Waals surface area contributed by atoms with E-state index in [2.05, 4.69) is 15.2 Å². The Labute approximate surface area is 122 Å². The second kappa shape index (κ2) is 6.43. The van der Waals surface area contributed by atoms with Crippen molar-refractivity contribution in [3.8, 4) is 0 Å². The number of hydrogen-bond donors (Lipinski definition) is 1. The van der Waals surface area contributed by atoms with E-state index < -0.39 is 6.09 Å². The van der Waals surface area contributed by atoms with Gasteiger partial charge >= 0.3 is 6.09 Å². The minimum absolute atomic E-state index is 0.0727. The van der Waals surface area contributed by atoms with Crippen molar-refractivity contribution < 1.29 is 9.53 Å². The van der Waals surface area contributed by atoms with Gasteiger partial charge in [-0.3, -0.25) is 4.68 Å². The summed E-state index contributed by atoms with van der Waals surface area (Å²) in [6.45, 7) is 0.391. The number of aromatic nitrogens is 2. The largest absolute Gasteiger partial charge is 0.453 e. The van der Waals surface area contributed by atoms with Crippen LogP contribution in [0.4, 0.5) is 4.79 Å². The summed E-state index contributed by atoms with van der Waals surface area (Å²) in [5, 5.41) is 7.42. The van der Waals surface area contributed by atoms with Crippen LogP contribution in [0, 0.1) is 0 Å². The highest BCUT2D eigenvalue weighted by molar-refractivity contribution is 6.30. The number of rotatable bonds is 4. The first-order valence-electron chi connectivity index (χ1n) is 6.17. The lowest BCUT2D eigenvalue weighted by Crippen LogP contribution is -2.28. The number of benzene rings is 1. The molecule has 2 rings (SSSR count). The average Bonchev–Trinajstić information content (AvgIpc) is 2.81. The Hall–Kier alpha value is -2.01. The SMILES string of the molecule is COC(=O)NCC(c1ccccc1)c1cnn(C)c1Cl. The highest BCUT2D eigenvalue weighted by Gasteiger charge is 2.20. The number of amides is 1. The molecule has 0 saturated carbocycles. The Morgan fingerprint density at radius 3 is 2.70 bits per heavy atom. The molecule has 6 heteroatoms. The van der Waals surface area contributed by atoms with Crippen molar-refractivity contribution in [1.82, 2.24) is 15.1 Å². The molecule has 1 aromatic heterocycles. The number of carbonyl (C=O) groups excluding carboxylic acids is 1. The maximum Gasteiger partial charge on any atom is 0.406 e. The van der Waals surface area contributed by atoms with E-state index >= 15 is 0 Å². The lowest BCUT2D eigenvalue weighted by atomic mass is 9.93. The zero-order valence-electron chi connectivity index (χ0n) is 11.3. The van der Waals surface area contributed by atoms with E-state index in [1.165, 1.54) is 7.11 Å². The van der Waals surface area contributed by atoms with Gasteiger partial charge in [0.25, 0.3) is 0 Å². The predicted molar refractivity (Wildman–Crippen MR) is 76.9 cm³/mol. The third kappa shape index (κ3) is 3.11. The Morgan fingerprint density at radius 1 is 1.45 bits per heavy atom. The number of nitrogens with zero attached hydrogens (tertiary/aromatic N) is 2. The van der Waals surface area contributed by atoms with E-state index in [0.717, 1.165) is 11.1 Å². The highest BCUT2D eigenvalue weighted by Crippen LogP contribution is 2.29. The first kappa shape index (κ1) is 14.4. The summed E-state index contributed by atoms with van der Waals surface area (Å²) in [6.07, 6.45) is 1.25. The van der Waals surface area contributed by atoms with Gasteiger partial charge in [0.15, 0.2) is 0 Å². The van der Waals surface area contributed by atoms with Gasteiger partial charge in [-0.25, -0.2) is 4.79 Å². The van der Waals surface area contributed by atoms with Crippen molar-refractivity contribution in [2.24, 2.45) is 7.05 Å². The predicted octanol–water partition coefficient (Wildman–Crippen LogP) is 2.56. The van der Waals surface area contributed by atoms with E-state index in [-0.39, 0.29) is 5.92 Å². The van der Waals surface area contributed by atoms with Crippen LogP contribution in [0.25, 0.3) is 0 Å². The summed E-state index contributed by atoms with van der Waals surface area (Å²) < 4.78 is 6.21. The average molecular weight is 294 g/mol. The molecule has 2 aromatic rings. The fraction of sp³-hybridized carbons (Fsp3) is 0.286. The number of carbonyl (C=O) groups is 1. The fourth-order valence-electron chi connectivity index (χ4n) is 2.02. The van der Waals surface area contributed by atoms with Gasteiger partial charge < -0.3 is 10.1 Å². The van der Waals surface area contributed by atoms with E-state index in [4.69, 9.17) is 11.6 Å². The third-order valence-corrected chi connectivity index (χ3v) is 3.57. The summed E-state index contributed by atoms with van der Waals surface area (Å²) in [4.78, 5) is 11.3. The molecule has 0 radical (unpaired) electrons. The molecule has 0 aliphatic carbocycles.